The molecule has 0 aliphatic carbocycles. The van der Waals surface area contributed by atoms with Crippen molar-refractivity contribution in [2.24, 2.45) is 0 Å². The third-order valence-corrected chi connectivity index (χ3v) is 19.9. The second-order valence-corrected chi connectivity index (χ2v) is 27.7. The number of hydrogen-bond acceptors (Lipinski definition) is 12. The molecule has 0 aliphatic rings. The van der Waals surface area contributed by atoms with Crippen LogP contribution in [0.1, 0.15) is 55.6 Å². The molecule has 0 N–H and O–H groups in total. The van der Waals surface area contributed by atoms with E-state index in [0.29, 0.717) is 45.3 Å². The average molecular weight is 1560 g/mol. The minimum absolute atomic E-state index is 0.465. The Bertz CT molecular complexity index is 5340. The van der Waals surface area contributed by atoms with Crippen LogP contribution in [-0.2, 0) is 0 Å². The monoisotopic (exact) mass is 1560 g/mol. The first kappa shape index (κ1) is 81.6. The first-order chi connectivity index (χ1) is 59.0. The molecule has 15 rings (SSSR count). The van der Waals surface area contributed by atoms with Crippen molar-refractivity contribution < 1.29 is 18.9 Å². The molecule has 12 nitrogen and oxygen atoms in total. The SMILES string of the molecule is COc1cc(N(c2ccccc2)c2ccccc2)ccc1/C=C(\C#N)c1ccc(/C(C#N)=C/c2ccc(N(c3ccccc3)c3ccccc3)cc2OC)cc1.COc1cc(N(c2ccccc2)c2ccccc2)ccc1/C=C(\C#N)c1ccc(/C(C#N)=C/c2ccc(N(c3ccccc3)c3ccccc3)cc2OC)cc1.Cc1ccc(C)cc1. The highest BCUT2D eigenvalue weighted by Crippen LogP contribution is 2.44. The van der Waals surface area contributed by atoms with Crippen molar-refractivity contribution in [1.29, 1.82) is 21.0 Å². The van der Waals surface area contributed by atoms with Crippen molar-refractivity contribution >= 4 is 115 Å². The lowest BCUT2D eigenvalue weighted by molar-refractivity contribution is 0.414. The Hall–Kier alpha value is -16.4. The van der Waals surface area contributed by atoms with Gasteiger partial charge in [-0.3, -0.25) is 0 Å². The molecule has 0 saturated carbocycles. The number of benzene rings is 15. The van der Waals surface area contributed by atoms with E-state index in [-0.39, 0.29) is 0 Å². The Kier molecular flexibility index (Phi) is 27.6. The molecule has 0 heterocycles. The lowest BCUT2D eigenvalue weighted by Crippen LogP contribution is -2.10. The summed E-state index contributed by atoms with van der Waals surface area (Å²) < 4.78 is 23.4. The molecule has 12 heteroatoms. The molecule has 0 bridgehead atoms. The van der Waals surface area contributed by atoms with Gasteiger partial charge in [0.2, 0.25) is 0 Å². The summed E-state index contributed by atoms with van der Waals surface area (Å²) in [6.45, 7) is 4.19. The smallest absolute Gasteiger partial charge is 0.128 e. The number of allylic oxidation sites excluding steroid dienone is 4. The van der Waals surface area contributed by atoms with E-state index in [2.05, 4.69) is 179 Å². The molecule has 0 amide bonds. The number of para-hydroxylation sites is 8. The van der Waals surface area contributed by atoms with Crippen molar-refractivity contribution in [1.82, 2.24) is 0 Å². The van der Waals surface area contributed by atoms with Gasteiger partial charge in [0.15, 0.2) is 0 Å². The van der Waals surface area contributed by atoms with Gasteiger partial charge in [-0.15, -0.1) is 0 Å². The van der Waals surface area contributed by atoms with Crippen molar-refractivity contribution in [3.8, 4) is 47.3 Å². The van der Waals surface area contributed by atoms with Crippen molar-refractivity contribution in [3.05, 3.63) is 444 Å². The Labute approximate surface area is 703 Å². The van der Waals surface area contributed by atoms with Crippen molar-refractivity contribution in [2.45, 2.75) is 13.8 Å². The van der Waals surface area contributed by atoms with Gasteiger partial charge in [0.25, 0.3) is 0 Å². The van der Waals surface area contributed by atoms with Gasteiger partial charge in [-0.2, -0.15) is 21.0 Å². The van der Waals surface area contributed by atoms with Gasteiger partial charge in [0.05, 0.1) is 75.0 Å². The number of nitriles is 4. The molecule has 0 fully saturated rings. The molecule has 120 heavy (non-hydrogen) atoms. The molecule has 0 radical (unpaired) electrons. The molecule has 0 atom stereocenters. The lowest BCUT2D eigenvalue weighted by Gasteiger charge is -2.26. The molecule has 15 aromatic rings. The van der Waals surface area contributed by atoms with E-state index < -0.39 is 0 Å². The van der Waals surface area contributed by atoms with Gasteiger partial charge in [-0.1, -0.05) is 230 Å². The Balaban J connectivity index is 0.000000189. The summed E-state index contributed by atoms with van der Waals surface area (Å²) in [6.07, 6.45) is 7.31. The zero-order valence-corrected chi connectivity index (χ0v) is 67.5. The van der Waals surface area contributed by atoms with Crippen LogP contribution < -0.4 is 38.5 Å². The Morgan fingerprint density at radius 1 is 0.208 bits per heavy atom. The quantitative estimate of drug-likeness (QED) is 0.0419. The van der Waals surface area contributed by atoms with E-state index in [4.69, 9.17) is 18.9 Å². The van der Waals surface area contributed by atoms with E-state index in [0.717, 1.165) is 113 Å². The van der Waals surface area contributed by atoms with Gasteiger partial charge >= 0.3 is 0 Å². The van der Waals surface area contributed by atoms with E-state index in [1.165, 1.54) is 11.1 Å². The summed E-state index contributed by atoms with van der Waals surface area (Å²) in [5.74, 6) is 2.53. The van der Waals surface area contributed by atoms with E-state index in [1.54, 1.807) is 28.4 Å². The standard InChI is InChI=1S/2C50H38N4O2.C8H10/c2*1-55-49-33-47(53(43-15-7-3-8-16-43)44-17-9-4-10-18-44)29-27-39(49)31-41(35-51)37-23-25-38(26-24-37)42(36-52)32-40-28-30-48(34-50(40)56-2)54(45-19-11-5-12-20-45)46-21-13-6-14-22-46;1-7-3-5-8(2)6-4-7/h2*3-34H,1-2H3;3-6H,1-2H3/b2*41-31+,42-32+;. The molecule has 0 aliphatic heterocycles. The van der Waals surface area contributed by atoms with Crippen LogP contribution in [0.15, 0.2) is 388 Å². The zero-order valence-electron chi connectivity index (χ0n) is 67.5. The second-order valence-electron chi connectivity index (χ2n) is 27.7. The highest BCUT2D eigenvalue weighted by atomic mass is 16.5. The molecule has 15 aromatic carbocycles. The topological polar surface area (TPSA) is 145 Å². The summed E-state index contributed by atoms with van der Waals surface area (Å²) in [7, 11) is 6.53. The van der Waals surface area contributed by atoms with Crippen LogP contribution >= 0.6 is 0 Å². The molecule has 0 unspecified atom stereocenters. The van der Waals surface area contributed by atoms with Crippen LogP contribution in [0.3, 0.4) is 0 Å². The number of rotatable bonds is 24. The Morgan fingerprint density at radius 2 is 0.367 bits per heavy atom. The summed E-state index contributed by atoms with van der Waals surface area (Å²) in [4.78, 5) is 8.64. The molecular weight excluding hydrogens is 1470 g/mol. The summed E-state index contributed by atoms with van der Waals surface area (Å²) in [5, 5.41) is 41.1. The maximum atomic E-state index is 10.3. The fourth-order valence-corrected chi connectivity index (χ4v) is 13.9. The molecule has 0 aromatic heterocycles. The van der Waals surface area contributed by atoms with E-state index in [9.17, 15) is 21.0 Å². The summed E-state index contributed by atoms with van der Waals surface area (Å²) in [5.41, 5.74) is 22.3. The number of ether oxygens (including phenoxy) is 4. The average Bonchev–Trinajstić information content (AvgIpc) is 0.777. The molecule has 0 spiro atoms. The largest absolute Gasteiger partial charge is 0.496 e. The maximum Gasteiger partial charge on any atom is 0.128 e. The van der Waals surface area contributed by atoms with Crippen LogP contribution in [-0.4, -0.2) is 28.4 Å². The number of aryl methyl sites for hydroxylation is 2. The number of anilines is 12. The first-order valence-corrected chi connectivity index (χ1v) is 39.0. The minimum Gasteiger partial charge on any atom is -0.496 e. The van der Waals surface area contributed by atoms with Crippen molar-refractivity contribution in [3.63, 3.8) is 0 Å². The minimum atomic E-state index is 0.465. The second kappa shape index (κ2) is 40.6. The molecule has 0 saturated heterocycles. The van der Waals surface area contributed by atoms with Gasteiger partial charge in [0.1, 0.15) is 23.0 Å². The predicted molar refractivity (Wildman–Crippen MR) is 493 cm³/mol. The number of nitrogens with zero attached hydrogens (tertiary/aromatic N) is 8. The van der Waals surface area contributed by atoms with E-state index >= 15 is 0 Å². The highest BCUT2D eigenvalue weighted by Gasteiger charge is 2.21. The van der Waals surface area contributed by atoms with E-state index in [1.807, 2.05) is 291 Å². The first-order valence-electron chi connectivity index (χ1n) is 39.0. The fourth-order valence-electron chi connectivity index (χ4n) is 13.9. The van der Waals surface area contributed by atoms with Gasteiger partial charge in [0, 0.05) is 115 Å². The van der Waals surface area contributed by atoms with Crippen LogP contribution in [0.4, 0.5) is 68.2 Å². The van der Waals surface area contributed by atoms with Crippen LogP contribution in [0.25, 0.3) is 46.6 Å². The van der Waals surface area contributed by atoms with Gasteiger partial charge in [-0.25, -0.2) is 0 Å². The van der Waals surface area contributed by atoms with Crippen LogP contribution in [0.5, 0.6) is 23.0 Å². The van der Waals surface area contributed by atoms with Gasteiger partial charge in [-0.05, 0) is 206 Å². The number of methoxy groups -OCH3 is 4. The number of hydrogen-bond donors (Lipinski definition) is 0. The normalized spacial score (nSPS) is 11.1. The molecule has 582 valence electrons. The predicted octanol–water partition coefficient (Wildman–Crippen LogP) is 27.8. The third kappa shape index (κ3) is 20.2. The summed E-state index contributed by atoms with van der Waals surface area (Å²) in [6, 6.07) is 138. The maximum absolute atomic E-state index is 10.3. The van der Waals surface area contributed by atoms with Crippen LogP contribution in [0.2, 0.25) is 0 Å². The summed E-state index contributed by atoms with van der Waals surface area (Å²) >= 11 is 0. The van der Waals surface area contributed by atoms with Gasteiger partial charge < -0.3 is 38.5 Å². The highest BCUT2D eigenvalue weighted by molar-refractivity contribution is 5.97. The third-order valence-electron chi connectivity index (χ3n) is 19.9. The van der Waals surface area contributed by atoms with Crippen molar-refractivity contribution in [2.75, 3.05) is 48.0 Å². The molecular formula is C108H86N8O4. The zero-order chi connectivity index (χ0) is 83.4. The fraction of sp³-hybridized carbons (Fsp3) is 0.0556. The lowest BCUT2D eigenvalue weighted by atomic mass is 9.98. The Morgan fingerprint density at radius 3 is 0.508 bits per heavy atom. The van der Waals surface area contributed by atoms with Crippen LogP contribution in [0, 0.1) is 59.2 Å².